The quantitative estimate of drug-likeness (QED) is 0.727. The normalized spacial score (nSPS) is 10.4. The molecule has 1 heterocycles. The van der Waals surface area contributed by atoms with Crippen LogP contribution in [0.4, 0.5) is 10.2 Å². The fraction of sp³-hybridized carbons (Fsp3) is 0.111. The molecule has 122 valence electrons. The van der Waals surface area contributed by atoms with Gasteiger partial charge >= 0.3 is 0 Å². The Hall–Kier alpha value is -3.15. The summed E-state index contributed by atoms with van der Waals surface area (Å²) in [7, 11) is 0. The van der Waals surface area contributed by atoms with Gasteiger partial charge in [0.05, 0.1) is 19.2 Å². The van der Waals surface area contributed by atoms with Crippen molar-refractivity contribution in [2.24, 2.45) is 0 Å². The Morgan fingerprint density at radius 2 is 2.00 bits per heavy atom. The first-order valence-corrected chi connectivity index (χ1v) is 7.49. The molecule has 3 aromatic rings. The molecule has 2 aromatic carbocycles. The minimum atomic E-state index is -0.345. The smallest absolute Gasteiger partial charge is 0.228 e. The third-order valence-corrected chi connectivity index (χ3v) is 3.38. The van der Waals surface area contributed by atoms with Crippen molar-refractivity contribution in [3.05, 3.63) is 66.6 Å². The summed E-state index contributed by atoms with van der Waals surface area (Å²) >= 11 is 0. The number of carbonyl (C=O) groups excluding carboxylic acids is 1. The molecule has 1 amide bonds. The highest BCUT2D eigenvalue weighted by Gasteiger charge is 2.11. The molecule has 2 N–H and O–H groups in total. The molecule has 0 saturated heterocycles. The standard InChI is InChI=1S/C18H16FN3O2/c19-14-6-4-5-13(11-14)16-12-20-22-18(16)21-17(23)9-10-24-15-7-2-1-3-8-15/h1-8,11-12H,9-10H2,(H2,20,21,22,23). The van der Waals surface area contributed by atoms with Crippen molar-refractivity contribution in [1.82, 2.24) is 10.2 Å². The molecular formula is C18H16FN3O2. The number of carbonyl (C=O) groups is 1. The number of aromatic nitrogens is 2. The van der Waals surface area contributed by atoms with Gasteiger partial charge in [-0.3, -0.25) is 9.89 Å². The van der Waals surface area contributed by atoms with Crippen LogP contribution in [0.2, 0.25) is 0 Å². The van der Waals surface area contributed by atoms with Crippen molar-refractivity contribution >= 4 is 11.7 Å². The fourth-order valence-corrected chi connectivity index (χ4v) is 2.24. The van der Waals surface area contributed by atoms with Crippen molar-refractivity contribution in [3.63, 3.8) is 0 Å². The van der Waals surface area contributed by atoms with Crippen molar-refractivity contribution in [3.8, 4) is 16.9 Å². The van der Waals surface area contributed by atoms with E-state index < -0.39 is 0 Å². The van der Waals surface area contributed by atoms with Crippen LogP contribution in [-0.2, 0) is 4.79 Å². The van der Waals surface area contributed by atoms with E-state index in [1.807, 2.05) is 30.3 Å². The van der Waals surface area contributed by atoms with Gasteiger partial charge in [0, 0.05) is 5.56 Å². The molecule has 0 fully saturated rings. The van der Waals surface area contributed by atoms with Crippen LogP contribution in [-0.4, -0.2) is 22.7 Å². The topological polar surface area (TPSA) is 67.0 Å². The molecule has 3 rings (SSSR count). The van der Waals surface area contributed by atoms with Gasteiger partial charge in [-0.25, -0.2) is 4.39 Å². The van der Waals surface area contributed by atoms with Gasteiger partial charge in [0.2, 0.25) is 5.91 Å². The van der Waals surface area contributed by atoms with E-state index in [9.17, 15) is 9.18 Å². The number of H-pyrrole nitrogens is 1. The zero-order chi connectivity index (χ0) is 16.8. The Kier molecular flexibility index (Phi) is 4.86. The first-order valence-electron chi connectivity index (χ1n) is 7.49. The van der Waals surface area contributed by atoms with Crippen molar-refractivity contribution in [1.29, 1.82) is 0 Å². The van der Waals surface area contributed by atoms with Crippen LogP contribution in [0.15, 0.2) is 60.8 Å². The van der Waals surface area contributed by atoms with Gasteiger partial charge in [-0.2, -0.15) is 5.10 Å². The Morgan fingerprint density at radius 1 is 1.17 bits per heavy atom. The van der Waals surface area contributed by atoms with Crippen molar-refractivity contribution < 1.29 is 13.9 Å². The highest BCUT2D eigenvalue weighted by Crippen LogP contribution is 2.26. The van der Waals surface area contributed by atoms with Gasteiger partial charge in [0.1, 0.15) is 17.4 Å². The third kappa shape index (κ3) is 3.98. The van der Waals surface area contributed by atoms with Crippen molar-refractivity contribution in [2.45, 2.75) is 6.42 Å². The van der Waals surface area contributed by atoms with Crippen LogP contribution in [0.3, 0.4) is 0 Å². The zero-order valence-corrected chi connectivity index (χ0v) is 12.8. The highest BCUT2D eigenvalue weighted by atomic mass is 19.1. The number of amides is 1. The molecule has 0 aliphatic carbocycles. The highest BCUT2D eigenvalue weighted by molar-refractivity contribution is 5.93. The number of halogens is 1. The number of anilines is 1. The van der Waals surface area contributed by atoms with Crippen LogP contribution < -0.4 is 10.1 Å². The molecule has 0 saturated carbocycles. The van der Waals surface area contributed by atoms with Crippen molar-refractivity contribution in [2.75, 3.05) is 11.9 Å². The van der Waals surface area contributed by atoms with E-state index >= 15 is 0 Å². The predicted octanol–water partition coefficient (Wildman–Crippen LogP) is 3.62. The average Bonchev–Trinajstić information content (AvgIpc) is 3.04. The van der Waals surface area contributed by atoms with E-state index in [1.165, 1.54) is 12.1 Å². The fourth-order valence-electron chi connectivity index (χ4n) is 2.24. The first-order chi connectivity index (χ1) is 11.7. The lowest BCUT2D eigenvalue weighted by Crippen LogP contribution is -2.16. The number of para-hydroxylation sites is 1. The van der Waals surface area contributed by atoms with E-state index in [0.717, 1.165) is 0 Å². The van der Waals surface area contributed by atoms with Crippen LogP contribution in [0.25, 0.3) is 11.1 Å². The Bertz CT molecular complexity index is 818. The first kappa shape index (κ1) is 15.7. The molecule has 0 aliphatic heterocycles. The SMILES string of the molecule is O=C(CCOc1ccccc1)Nc1[nH]ncc1-c1cccc(F)c1. The zero-order valence-electron chi connectivity index (χ0n) is 12.8. The summed E-state index contributed by atoms with van der Waals surface area (Å²) in [5.41, 5.74) is 1.27. The minimum Gasteiger partial charge on any atom is -0.493 e. The minimum absolute atomic E-state index is 0.191. The van der Waals surface area contributed by atoms with E-state index in [0.29, 0.717) is 22.7 Å². The third-order valence-electron chi connectivity index (χ3n) is 3.38. The van der Waals surface area contributed by atoms with E-state index in [-0.39, 0.29) is 24.8 Å². The monoisotopic (exact) mass is 325 g/mol. The summed E-state index contributed by atoms with van der Waals surface area (Å²) in [5.74, 6) is 0.590. The molecule has 0 atom stereocenters. The second-order valence-corrected chi connectivity index (χ2v) is 5.13. The second-order valence-electron chi connectivity index (χ2n) is 5.13. The summed E-state index contributed by atoms with van der Waals surface area (Å²) in [6.45, 7) is 0.263. The Morgan fingerprint density at radius 3 is 2.79 bits per heavy atom. The number of aromatic amines is 1. The summed E-state index contributed by atoms with van der Waals surface area (Å²) in [4.78, 5) is 12.0. The number of ether oxygens (including phenoxy) is 1. The number of hydrogen-bond donors (Lipinski definition) is 2. The molecule has 0 unspecified atom stereocenters. The van der Waals surface area contributed by atoms with E-state index in [1.54, 1.807) is 18.3 Å². The number of hydrogen-bond acceptors (Lipinski definition) is 3. The number of benzene rings is 2. The molecule has 0 spiro atoms. The lowest BCUT2D eigenvalue weighted by Gasteiger charge is -2.08. The molecule has 0 aliphatic rings. The molecule has 5 nitrogen and oxygen atoms in total. The maximum Gasteiger partial charge on any atom is 0.228 e. The lowest BCUT2D eigenvalue weighted by atomic mass is 10.1. The van der Waals surface area contributed by atoms with Gasteiger partial charge in [-0.1, -0.05) is 30.3 Å². The van der Waals surface area contributed by atoms with Crippen LogP contribution in [0.5, 0.6) is 5.75 Å². The van der Waals surface area contributed by atoms with Gasteiger partial charge in [-0.05, 0) is 29.8 Å². The van der Waals surface area contributed by atoms with Gasteiger partial charge in [0.15, 0.2) is 0 Å². The van der Waals surface area contributed by atoms with Gasteiger partial charge < -0.3 is 10.1 Å². The van der Waals surface area contributed by atoms with Gasteiger partial charge in [0.25, 0.3) is 0 Å². The number of nitrogens with zero attached hydrogens (tertiary/aromatic N) is 1. The van der Waals surface area contributed by atoms with Crippen LogP contribution in [0.1, 0.15) is 6.42 Å². The summed E-state index contributed by atoms with van der Waals surface area (Å²) in [6.07, 6.45) is 1.74. The molecule has 1 aromatic heterocycles. The lowest BCUT2D eigenvalue weighted by molar-refractivity contribution is -0.116. The summed E-state index contributed by atoms with van der Waals surface area (Å²) in [5, 5.41) is 9.37. The number of nitrogens with one attached hydrogen (secondary N) is 2. The molecule has 0 bridgehead atoms. The second kappa shape index (κ2) is 7.41. The molecule has 6 heteroatoms. The molecule has 24 heavy (non-hydrogen) atoms. The molecule has 0 radical (unpaired) electrons. The number of rotatable bonds is 6. The predicted molar refractivity (Wildman–Crippen MR) is 89.2 cm³/mol. The van der Waals surface area contributed by atoms with Crippen LogP contribution in [0, 0.1) is 5.82 Å². The van der Waals surface area contributed by atoms with Gasteiger partial charge in [-0.15, -0.1) is 0 Å². The van der Waals surface area contributed by atoms with E-state index in [2.05, 4.69) is 15.5 Å². The maximum absolute atomic E-state index is 13.3. The van der Waals surface area contributed by atoms with E-state index in [4.69, 9.17) is 4.74 Å². The average molecular weight is 325 g/mol. The summed E-state index contributed by atoms with van der Waals surface area (Å²) < 4.78 is 18.8. The Balaban J connectivity index is 1.58. The molecular weight excluding hydrogens is 309 g/mol. The maximum atomic E-state index is 13.3. The Labute approximate surface area is 138 Å². The van der Waals surface area contributed by atoms with Crippen LogP contribution >= 0.6 is 0 Å². The summed E-state index contributed by atoms with van der Waals surface area (Å²) in [6, 6.07) is 15.4. The largest absolute Gasteiger partial charge is 0.493 e.